The molecule has 1 unspecified atom stereocenters. The lowest BCUT2D eigenvalue weighted by molar-refractivity contribution is 0.0678. The number of carbonyl (C=O) groups is 1. The molecule has 6 heteroatoms. The van der Waals surface area contributed by atoms with E-state index in [9.17, 15) is 4.79 Å². The maximum absolute atomic E-state index is 12.8. The molecule has 3 saturated heterocycles. The van der Waals surface area contributed by atoms with Crippen molar-refractivity contribution in [2.75, 3.05) is 39.4 Å². The number of hydrogen-bond donors (Lipinski definition) is 1. The second-order valence-electron chi connectivity index (χ2n) is 7.52. The third-order valence-corrected chi connectivity index (χ3v) is 5.87. The summed E-state index contributed by atoms with van der Waals surface area (Å²) in [5, 5.41) is 3.48. The fourth-order valence-corrected chi connectivity index (χ4v) is 4.26. The van der Waals surface area contributed by atoms with E-state index in [2.05, 4.69) is 5.32 Å². The Labute approximate surface area is 161 Å². The molecule has 5 nitrogen and oxygen atoms in total. The van der Waals surface area contributed by atoms with E-state index < -0.39 is 0 Å². The van der Waals surface area contributed by atoms with Gasteiger partial charge in [0, 0.05) is 25.3 Å². The molecule has 1 aromatic rings. The summed E-state index contributed by atoms with van der Waals surface area (Å²) in [6.07, 6.45) is 4.64. The van der Waals surface area contributed by atoms with Crippen LogP contribution in [0, 0.1) is 11.8 Å². The van der Waals surface area contributed by atoms with Crippen molar-refractivity contribution in [3.8, 4) is 5.75 Å². The summed E-state index contributed by atoms with van der Waals surface area (Å²) in [5.41, 5.74) is 0.759. The number of amides is 1. The van der Waals surface area contributed by atoms with Crippen molar-refractivity contribution in [2.45, 2.75) is 31.8 Å². The molecule has 1 N–H and O–H groups in total. The van der Waals surface area contributed by atoms with Crippen LogP contribution in [-0.4, -0.2) is 56.3 Å². The Morgan fingerprint density at radius 2 is 1.81 bits per heavy atom. The standard InChI is InChI=1S/C20H28N2O3.ClH/c23-20(22-9-7-16-12-21-13-17(16)8-10-22)15-3-5-18(6-4-15)25-14-19-2-1-11-24-19;/h3-6,16-17,19,21H,1-2,7-14H2;1H/t16-,17+,19?;. The molecule has 3 heterocycles. The summed E-state index contributed by atoms with van der Waals surface area (Å²) in [6.45, 7) is 5.41. The molecular weight excluding hydrogens is 352 g/mol. The Kier molecular flexibility index (Phi) is 6.79. The number of likely N-dealkylation sites (tertiary alicyclic amines) is 1. The SMILES string of the molecule is Cl.O=C(c1ccc(OCC2CCCO2)cc1)N1CC[C@@H]2CNC[C@@H]2CC1. The van der Waals surface area contributed by atoms with Gasteiger partial charge in [-0.2, -0.15) is 0 Å². The average Bonchev–Trinajstić information content (AvgIpc) is 3.29. The molecule has 26 heavy (non-hydrogen) atoms. The maximum atomic E-state index is 12.8. The molecule has 0 spiro atoms. The van der Waals surface area contributed by atoms with E-state index in [1.54, 1.807) is 0 Å². The number of nitrogens with zero attached hydrogens (tertiary/aromatic N) is 1. The highest BCUT2D eigenvalue weighted by Gasteiger charge is 2.31. The van der Waals surface area contributed by atoms with E-state index in [0.717, 1.165) is 81.6 Å². The summed E-state index contributed by atoms with van der Waals surface area (Å²) in [6, 6.07) is 7.58. The van der Waals surface area contributed by atoms with Gasteiger partial charge < -0.3 is 19.7 Å². The van der Waals surface area contributed by atoms with Gasteiger partial charge in [0.25, 0.3) is 5.91 Å². The van der Waals surface area contributed by atoms with Crippen LogP contribution >= 0.6 is 12.4 Å². The lowest BCUT2D eigenvalue weighted by Gasteiger charge is -2.21. The number of halogens is 1. The van der Waals surface area contributed by atoms with E-state index >= 15 is 0 Å². The van der Waals surface area contributed by atoms with Crippen molar-refractivity contribution in [3.05, 3.63) is 29.8 Å². The molecule has 4 rings (SSSR count). The lowest BCUT2D eigenvalue weighted by atomic mass is 9.92. The first-order valence-electron chi connectivity index (χ1n) is 9.64. The van der Waals surface area contributed by atoms with Gasteiger partial charge in [0.2, 0.25) is 0 Å². The Bertz CT molecular complexity index is 575. The minimum absolute atomic E-state index is 0. The summed E-state index contributed by atoms with van der Waals surface area (Å²) in [4.78, 5) is 14.8. The number of hydrogen-bond acceptors (Lipinski definition) is 4. The second kappa shape index (κ2) is 9.07. The van der Waals surface area contributed by atoms with Gasteiger partial charge in [-0.3, -0.25) is 4.79 Å². The van der Waals surface area contributed by atoms with Gasteiger partial charge in [-0.25, -0.2) is 0 Å². The molecule has 0 saturated carbocycles. The minimum Gasteiger partial charge on any atom is -0.491 e. The van der Waals surface area contributed by atoms with Crippen LogP contribution in [0.1, 0.15) is 36.0 Å². The van der Waals surface area contributed by atoms with Crippen molar-refractivity contribution in [1.82, 2.24) is 10.2 Å². The second-order valence-corrected chi connectivity index (χ2v) is 7.52. The Morgan fingerprint density at radius 3 is 2.42 bits per heavy atom. The fourth-order valence-electron chi connectivity index (χ4n) is 4.26. The molecule has 3 aliphatic rings. The molecule has 3 fully saturated rings. The Hall–Kier alpha value is -1.30. The van der Waals surface area contributed by atoms with Crippen molar-refractivity contribution in [2.24, 2.45) is 11.8 Å². The molecule has 1 amide bonds. The zero-order valence-corrected chi connectivity index (χ0v) is 16.0. The molecule has 0 bridgehead atoms. The van der Waals surface area contributed by atoms with Gasteiger partial charge in [-0.1, -0.05) is 0 Å². The quantitative estimate of drug-likeness (QED) is 0.872. The zero-order valence-electron chi connectivity index (χ0n) is 15.2. The van der Waals surface area contributed by atoms with E-state index in [1.165, 1.54) is 0 Å². The van der Waals surface area contributed by atoms with Crippen LogP contribution in [0.15, 0.2) is 24.3 Å². The third kappa shape index (κ3) is 4.51. The monoisotopic (exact) mass is 380 g/mol. The van der Waals surface area contributed by atoms with Gasteiger partial charge in [0.05, 0.1) is 6.10 Å². The van der Waals surface area contributed by atoms with Gasteiger partial charge in [0.15, 0.2) is 0 Å². The van der Waals surface area contributed by atoms with Crippen LogP contribution in [-0.2, 0) is 4.74 Å². The van der Waals surface area contributed by atoms with Crippen LogP contribution in [0.5, 0.6) is 5.75 Å². The van der Waals surface area contributed by atoms with E-state index in [-0.39, 0.29) is 24.4 Å². The van der Waals surface area contributed by atoms with Crippen LogP contribution in [0.4, 0.5) is 0 Å². The highest BCUT2D eigenvalue weighted by molar-refractivity contribution is 5.94. The first kappa shape index (κ1) is 19.5. The number of fused-ring (bicyclic) bond motifs is 1. The van der Waals surface area contributed by atoms with E-state index in [4.69, 9.17) is 9.47 Å². The van der Waals surface area contributed by atoms with Crippen molar-refractivity contribution < 1.29 is 14.3 Å². The summed E-state index contributed by atoms with van der Waals surface area (Å²) in [5.74, 6) is 2.44. The minimum atomic E-state index is 0. The van der Waals surface area contributed by atoms with Gasteiger partial charge in [-0.15, -0.1) is 12.4 Å². The number of rotatable bonds is 4. The first-order chi connectivity index (χ1) is 12.3. The number of benzene rings is 1. The molecule has 3 atom stereocenters. The van der Waals surface area contributed by atoms with Crippen molar-refractivity contribution >= 4 is 18.3 Å². The zero-order chi connectivity index (χ0) is 17.1. The topological polar surface area (TPSA) is 50.8 Å². The molecular formula is C20H29ClN2O3. The van der Waals surface area contributed by atoms with Gasteiger partial charge in [0.1, 0.15) is 12.4 Å². The molecule has 0 aromatic heterocycles. The maximum Gasteiger partial charge on any atom is 0.253 e. The molecule has 0 aliphatic carbocycles. The lowest BCUT2D eigenvalue weighted by Crippen LogP contribution is -2.32. The fraction of sp³-hybridized carbons (Fsp3) is 0.650. The first-order valence-corrected chi connectivity index (χ1v) is 9.64. The molecule has 144 valence electrons. The van der Waals surface area contributed by atoms with Crippen LogP contribution in [0.2, 0.25) is 0 Å². The number of carbonyl (C=O) groups excluding carboxylic acids is 1. The largest absolute Gasteiger partial charge is 0.491 e. The van der Waals surface area contributed by atoms with E-state index in [0.29, 0.717) is 6.61 Å². The van der Waals surface area contributed by atoms with Gasteiger partial charge >= 0.3 is 0 Å². The van der Waals surface area contributed by atoms with Crippen molar-refractivity contribution in [3.63, 3.8) is 0 Å². The predicted octanol–water partition coefficient (Wildman–Crippen LogP) is 2.74. The van der Waals surface area contributed by atoms with Crippen LogP contribution in [0.3, 0.4) is 0 Å². The third-order valence-electron chi connectivity index (χ3n) is 5.87. The van der Waals surface area contributed by atoms with Crippen LogP contribution in [0.25, 0.3) is 0 Å². The highest BCUT2D eigenvalue weighted by atomic mass is 35.5. The normalized spacial score (nSPS) is 28.2. The number of nitrogens with one attached hydrogen (secondary N) is 1. The summed E-state index contributed by atoms with van der Waals surface area (Å²) >= 11 is 0. The Balaban J connectivity index is 0.00000196. The van der Waals surface area contributed by atoms with Gasteiger partial charge in [-0.05, 0) is 74.9 Å². The van der Waals surface area contributed by atoms with Crippen molar-refractivity contribution in [1.29, 1.82) is 0 Å². The smallest absolute Gasteiger partial charge is 0.253 e. The highest BCUT2D eigenvalue weighted by Crippen LogP contribution is 2.28. The Morgan fingerprint density at radius 1 is 1.12 bits per heavy atom. The number of ether oxygens (including phenoxy) is 2. The molecule has 1 aromatic carbocycles. The average molecular weight is 381 g/mol. The summed E-state index contributed by atoms with van der Waals surface area (Å²) in [7, 11) is 0. The molecule has 0 radical (unpaired) electrons. The molecule has 3 aliphatic heterocycles. The predicted molar refractivity (Wildman–Crippen MR) is 103 cm³/mol. The van der Waals surface area contributed by atoms with E-state index in [1.807, 2.05) is 29.2 Å². The summed E-state index contributed by atoms with van der Waals surface area (Å²) < 4.78 is 11.4. The van der Waals surface area contributed by atoms with Crippen LogP contribution < -0.4 is 10.1 Å².